The van der Waals surface area contributed by atoms with Crippen LogP contribution in [0.3, 0.4) is 0 Å². The minimum atomic E-state index is 0.0398. The maximum Gasteiger partial charge on any atom is 0.273 e. The third-order valence-electron chi connectivity index (χ3n) is 3.95. The number of pyridine rings is 1. The van der Waals surface area contributed by atoms with Gasteiger partial charge in [0.15, 0.2) is 0 Å². The van der Waals surface area contributed by atoms with Gasteiger partial charge >= 0.3 is 0 Å². The van der Waals surface area contributed by atoms with Crippen LogP contribution in [0.5, 0.6) is 0 Å². The summed E-state index contributed by atoms with van der Waals surface area (Å²) in [6.07, 6.45) is 2.74. The summed E-state index contributed by atoms with van der Waals surface area (Å²) < 4.78 is 0. The molecule has 4 heteroatoms. The Morgan fingerprint density at radius 3 is 3.00 bits per heavy atom. The number of rotatable bonds is 3. The highest BCUT2D eigenvalue weighted by atomic mass is 16.2. The van der Waals surface area contributed by atoms with E-state index in [0.29, 0.717) is 5.69 Å². The minimum absolute atomic E-state index is 0.0398. The Hall–Kier alpha value is -1.94. The molecule has 1 atom stereocenters. The molecule has 1 N–H and O–H groups in total. The number of nitrogens with zero attached hydrogens (tertiary/aromatic N) is 2. The Balaban J connectivity index is 1.98. The summed E-state index contributed by atoms with van der Waals surface area (Å²) in [5.41, 5.74) is 0.567. The van der Waals surface area contributed by atoms with E-state index in [-0.39, 0.29) is 11.9 Å². The first-order valence-corrected chi connectivity index (χ1v) is 7.16. The number of fused-ring (bicyclic) bond motifs is 1. The predicted molar refractivity (Wildman–Crippen MR) is 79.7 cm³/mol. The van der Waals surface area contributed by atoms with Crippen molar-refractivity contribution in [1.82, 2.24) is 15.2 Å². The molecule has 2 aromatic rings. The van der Waals surface area contributed by atoms with Crippen LogP contribution in [-0.2, 0) is 0 Å². The van der Waals surface area contributed by atoms with Gasteiger partial charge in [-0.3, -0.25) is 9.78 Å². The standard InChI is InChI=1S/C16H19N3O/c1-2-19(13-8-9-17-11-13)16(20)15-14-6-4-3-5-12(14)7-10-18-15/h3-7,10,13,17H,2,8-9,11H2,1H3. The van der Waals surface area contributed by atoms with E-state index in [0.717, 1.165) is 36.8 Å². The molecule has 1 aromatic heterocycles. The van der Waals surface area contributed by atoms with Gasteiger partial charge in [-0.15, -0.1) is 0 Å². The summed E-state index contributed by atoms with van der Waals surface area (Å²) in [5.74, 6) is 0.0398. The van der Waals surface area contributed by atoms with Crippen LogP contribution >= 0.6 is 0 Å². The van der Waals surface area contributed by atoms with Crippen molar-refractivity contribution in [2.24, 2.45) is 0 Å². The lowest BCUT2D eigenvalue weighted by Crippen LogP contribution is -2.41. The maximum atomic E-state index is 12.8. The molecule has 1 aliphatic rings. The van der Waals surface area contributed by atoms with Gasteiger partial charge in [0.05, 0.1) is 0 Å². The van der Waals surface area contributed by atoms with Gasteiger partial charge in [-0.1, -0.05) is 24.3 Å². The number of hydrogen-bond donors (Lipinski definition) is 1. The first-order chi connectivity index (χ1) is 9.81. The molecule has 1 saturated heterocycles. The quantitative estimate of drug-likeness (QED) is 0.927. The van der Waals surface area contributed by atoms with E-state index in [1.807, 2.05) is 42.2 Å². The molecule has 104 valence electrons. The highest BCUT2D eigenvalue weighted by molar-refractivity contribution is 6.05. The molecule has 1 aliphatic heterocycles. The van der Waals surface area contributed by atoms with Gasteiger partial charge in [-0.2, -0.15) is 0 Å². The third-order valence-corrected chi connectivity index (χ3v) is 3.95. The molecule has 0 spiro atoms. The van der Waals surface area contributed by atoms with Crippen molar-refractivity contribution < 1.29 is 4.79 Å². The van der Waals surface area contributed by atoms with Gasteiger partial charge in [-0.25, -0.2) is 0 Å². The molecule has 0 radical (unpaired) electrons. The number of hydrogen-bond acceptors (Lipinski definition) is 3. The van der Waals surface area contributed by atoms with Crippen LogP contribution < -0.4 is 5.32 Å². The van der Waals surface area contributed by atoms with Crippen molar-refractivity contribution in [3.63, 3.8) is 0 Å². The lowest BCUT2D eigenvalue weighted by Gasteiger charge is -2.27. The van der Waals surface area contributed by atoms with Crippen LogP contribution in [0.25, 0.3) is 10.8 Å². The topological polar surface area (TPSA) is 45.2 Å². The van der Waals surface area contributed by atoms with E-state index in [9.17, 15) is 4.79 Å². The number of amides is 1. The Morgan fingerprint density at radius 2 is 2.25 bits per heavy atom. The molecule has 1 fully saturated rings. The van der Waals surface area contributed by atoms with Gasteiger partial charge < -0.3 is 10.2 Å². The largest absolute Gasteiger partial charge is 0.333 e. The number of aromatic nitrogens is 1. The molecule has 0 aliphatic carbocycles. The van der Waals surface area contributed by atoms with E-state index in [4.69, 9.17) is 0 Å². The van der Waals surface area contributed by atoms with Crippen LogP contribution in [0, 0.1) is 0 Å². The SMILES string of the molecule is CCN(C(=O)c1nccc2ccccc12)C1CCNC1. The Morgan fingerprint density at radius 1 is 1.40 bits per heavy atom. The second kappa shape index (κ2) is 5.59. The molecule has 1 amide bonds. The zero-order valence-corrected chi connectivity index (χ0v) is 11.7. The first kappa shape index (κ1) is 13.1. The van der Waals surface area contributed by atoms with Crippen molar-refractivity contribution >= 4 is 16.7 Å². The smallest absolute Gasteiger partial charge is 0.273 e. The van der Waals surface area contributed by atoms with E-state index >= 15 is 0 Å². The average molecular weight is 269 g/mol. The fraction of sp³-hybridized carbons (Fsp3) is 0.375. The molecule has 4 nitrogen and oxygen atoms in total. The lowest BCUT2D eigenvalue weighted by molar-refractivity contribution is 0.0700. The monoisotopic (exact) mass is 269 g/mol. The van der Waals surface area contributed by atoms with Crippen molar-refractivity contribution in [3.05, 3.63) is 42.2 Å². The van der Waals surface area contributed by atoms with Crippen molar-refractivity contribution in [3.8, 4) is 0 Å². The highest BCUT2D eigenvalue weighted by Crippen LogP contribution is 2.20. The fourth-order valence-electron chi connectivity index (χ4n) is 2.90. The zero-order valence-electron chi connectivity index (χ0n) is 11.7. The molecule has 0 bridgehead atoms. The van der Waals surface area contributed by atoms with Crippen LogP contribution in [0.1, 0.15) is 23.8 Å². The van der Waals surface area contributed by atoms with E-state index in [1.165, 1.54) is 0 Å². The van der Waals surface area contributed by atoms with Crippen molar-refractivity contribution in [1.29, 1.82) is 0 Å². The fourth-order valence-corrected chi connectivity index (χ4v) is 2.90. The average Bonchev–Trinajstić information content (AvgIpc) is 3.01. The van der Waals surface area contributed by atoms with Crippen LogP contribution in [0.15, 0.2) is 36.5 Å². The van der Waals surface area contributed by atoms with Gasteiger partial charge in [0.2, 0.25) is 0 Å². The summed E-state index contributed by atoms with van der Waals surface area (Å²) in [6, 6.07) is 10.1. The van der Waals surface area contributed by atoms with Gasteiger partial charge in [0.25, 0.3) is 5.91 Å². The van der Waals surface area contributed by atoms with Crippen LogP contribution in [0.2, 0.25) is 0 Å². The molecule has 3 rings (SSSR count). The molecule has 1 aromatic carbocycles. The number of carbonyl (C=O) groups is 1. The second-order valence-corrected chi connectivity index (χ2v) is 5.12. The summed E-state index contributed by atoms with van der Waals surface area (Å²) in [5, 5.41) is 5.31. The lowest BCUT2D eigenvalue weighted by atomic mass is 10.1. The number of benzene rings is 1. The van der Waals surface area contributed by atoms with Crippen LogP contribution in [0.4, 0.5) is 0 Å². The summed E-state index contributed by atoms with van der Waals surface area (Å²) in [6.45, 7) is 4.61. The van der Waals surface area contributed by atoms with Crippen molar-refractivity contribution in [2.75, 3.05) is 19.6 Å². The summed E-state index contributed by atoms with van der Waals surface area (Å²) in [7, 11) is 0. The molecular weight excluding hydrogens is 250 g/mol. The molecule has 0 saturated carbocycles. The number of nitrogens with one attached hydrogen (secondary N) is 1. The van der Waals surface area contributed by atoms with E-state index < -0.39 is 0 Å². The molecule has 1 unspecified atom stereocenters. The third kappa shape index (κ3) is 2.27. The summed E-state index contributed by atoms with van der Waals surface area (Å²) in [4.78, 5) is 19.1. The van der Waals surface area contributed by atoms with Gasteiger partial charge in [-0.05, 0) is 31.3 Å². The Bertz CT molecular complexity index is 615. The van der Waals surface area contributed by atoms with Crippen LogP contribution in [-0.4, -0.2) is 41.5 Å². The predicted octanol–water partition coefficient (Wildman–Crippen LogP) is 2.06. The maximum absolute atomic E-state index is 12.8. The highest BCUT2D eigenvalue weighted by Gasteiger charge is 2.27. The first-order valence-electron chi connectivity index (χ1n) is 7.16. The van der Waals surface area contributed by atoms with Crippen molar-refractivity contribution in [2.45, 2.75) is 19.4 Å². The molecule has 20 heavy (non-hydrogen) atoms. The number of likely N-dealkylation sites (N-methyl/N-ethyl adjacent to an activating group) is 1. The second-order valence-electron chi connectivity index (χ2n) is 5.12. The van der Waals surface area contributed by atoms with Gasteiger partial charge in [0, 0.05) is 30.7 Å². The van der Waals surface area contributed by atoms with E-state index in [1.54, 1.807) is 6.20 Å². The molecular formula is C16H19N3O. The zero-order chi connectivity index (χ0) is 13.9. The normalized spacial score (nSPS) is 18.4. The van der Waals surface area contributed by atoms with E-state index in [2.05, 4.69) is 10.3 Å². The minimum Gasteiger partial charge on any atom is -0.333 e. The molecule has 2 heterocycles. The number of carbonyl (C=O) groups excluding carboxylic acids is 1. The Labute approximate surface area is 118 Å². The van der Waals surface area contributed by atoms with Gasteiger partial charge in [0.1, 0.15) is 5.69 Å². The Kier molecular flexibility index (Phi) is 3.65. The summed E-state index contributed by atoms with van der Waals surface area (Å²) >= 11 is 0.